The van der Waals surface area contributed by atoms with Crippen LogP contribution >= 0.6 is 0 Å². The molecule has 1 amide bonds. The SMILES string of the molecule is O=C1CN(C(=O)OCc2ccccc2)CCO1. The van der Waals surface area contributed by atoms with Crippen LogP contribution in [0.2, 0.25) is 0 Å². The molecule has 1 heterocycles. The summed E-state index contributed by atoms with van der Waals surface area (Å²) < 4.78 is 9.83. The number of morpholine rings is 1. The molecule has 5 heteroatoms. The first-order valence-electron chi connectivity index (χ1n) is 5.37. The maximum atomic E-state index is 11.6. The van der Waals surface area contributed by atoms with Gasteiger partial charge in [-0.2, -0.15) is 0 Å². The number of rotatable bonds is 2. The second-order valence-corrected chi connectivity index (χ2v) is 3.68. The van der Waals surface area contributed by atoms with E-state index >= 15 is 0 Å². The average Bonchev–Trinajstić information content (AvgIpc) is 2.37. The third-order valence-electron chi connectivity index (χ3n) is 2.41. The minimum Gasteiger partial charge on any atom is -0.462 e. The minimum absolute atomic E-state index is 0.0341. The van der Waals surface area contributed by atoms with Crippen molar-refractivity contribution >= 4 is 12.1 Å². The summed E-state index contributed by atoms with van der Waals surface area (Å²) >= 11 is 0. The molecule has 1 aliphatic rings. The molecule has 1 aromatic rings. The lowest BCUT2D eigenvalue weighted by atomic mass is 10.2. The average molecular weight is 235 g/mol. The summed E-state index contributed by atoms with van der Waals surface area (Å²) in [4.78, 5) is 23.9. The van der Waals surface area contributed by atoms with Gasteiger partial charge >= 0.3 is 12.1 Å². The molecule has 1 fully saturated rings. The molecule has 90 valence electrons. The Labute approximate surface area is 98.9 Å². The predicted molar refractivity (Wildman–Crippen MR) is 59.2 cm³/mol. The van der Waals surface area contributed by atoms with E-state index in [0.717, 1.165) is 5.56 Å². The lowest BCUT2D eigenvalue weighted by molar-refractivity contribution is -0.149. The van der Waals surface area contributed by atoms with Crippen LogP contribution in [0.15, 0.2) is 30.3 Å². The van der Waals surface area contributed by atoms with Crippen LogP contribution < -0.4 is 0 Å². The van der Waals surface area contributed by atoms with E-state index in [1.807, 2.05) is 30.3 Å². The molecule has 1 aromatic carbocycles. The Morgan fingerprint density at radius 2 is 2.12 bits per heavy atom. The van der Waals surface area contributed by atoms with E-state index in [0.29, 0.717) is 6.54 Å². The van der Waals surface area contributed by atoms with Gasteiger partial charge in [-0.25, -0.2) is 4.79 Å². The number of hydrogen-bond donors (Lipinski definition) is 0. The van der Waals surface area contributed by atoms with E-state index in [2.05, 4.69) is 0 Å². The van der Waals surface area contributed by atoms with Crippen LogP contribution in [0.1, 0.15) is 5.56 Å². The van der Waals surface area contributed by atoms with Crippen LogP contribution in [-0.4, -0.2) is 36.7 Å². The molecule has 0 spiro atoms. The standard InChI is InChI=1S/C12H13NO4/c14-11-8-13(6-7-16-11)12(15)17-9-10-4-2-1-3-5-10/h1-5H,6-9H2. The highest BCUT2D eigenvalue weighted by atomic mass is 16.6. The van der Waals surface area contributed by atoms with Crippen molar-refractivity contribution < 1.29 is 19.1 Å². The van der Waals surface area contributed by atoms with E-state index < -0.39 is 12.1 Å². The van der Waals surface area contributed by atoms with Crippen LogP contribution in [-0.2, 0) is 20.9 Å². The molecule has 0 radical (unpaired) electrons. The van der Waals surface area contributed by atoms with E-state index in [9.17, 15) is 9.59 Å². The zero-order valence-electron chi connectivity index (χ0n) is 9.30. The highest BCUT2D eigenvalue weighted by Crippen LogP contribution is 2.05. The largest absolute Gasteiger partial charge is 0.462 e. The van der Waals surface area contributed by atoms with Crippen LogP contribution in [0, 0.1) is 0 Å². The van der Waals surface area contributed by atoms with Crippen LogP contribution in [0.25, 0.3) is 0 Å². The summed E-state index contributed by atoms with van der Waals surface area (Å²) in [5.41, 5.74) is 0.917. The molecular formula is C12H13NO4. The zero-order valence-corrected chi connectivity index (χ0v) is 9.30. The molecule has 0 N–H and O–H groups in total. The van der Waals surface area contributed by atoms with Crippen molar-refractivity contribution in [2.75, 3.05) is 19.7 Å². The molecule has 2 rings (SSSR count). The van der Waals surface area contributed by atoms with Crippen molar-refractivity contribution in [2.45, 2.75) is 6.61 Å². The van der Waals surface area contributed by atoms with Crippen molar-refractivity contribution in [2.24, 2.45) is 0 Å². The van der Waals surface area contributed by atoms with Gasteiger partial charge in [0.15, 0.2) is 0 Å². The van der Waals surface area contributed by atoms with Crippen molar-refractivity contribution in [1.82, 2.24) is 4.90 Å². The molecule has 0 bridgehead atoms. The summed E-state index contributed by atoms with van der Waals surface area (Å²) in [5.74, 6) is -0.395. The normalized spacial score (nSPS) is 15.3. The quantitative estimate of drug-likeness (QED) is 0.722. The van der Waals surface area contributed by atoms with Gasteiger partial charge < -0.3 is 9.47 Å². The van der Waals surface area contributed by atoms with E-state index in [4.69, 9.17) is 9.47 Å². The van der Waals surface area contributed by atoms with Crippen molar-refractivity contribution in [3.05, 3.63) is 35.9 Å². The monoisotopic (exact) mass is 235 g/mol. The number of benzene rings is 1. The third kappa shape index (κ3) is 3.21. The number of hydrogen-bond acceptors (Lipinski definition) is 4. The molecule has 1 saturated heterocycles. The van der Waals surface area contributed by atoms with Gasteiger partial charge in [0.1, 0.15) is 19.8 Å². The topological polar surface area (TPSA) is 55.8 Å². The van der Waals surface area contributed by atoms with E-state index in [1.54, 1.807) is 0 Å². The number of cyclic esters (lactones) is 1. The molecule has 0 saturated carbocycles. The minimum atomic E-state index is -0.481. The second-order valence-electron chi connectivity index (χ2n) is 3.68. The Hall–Kier alpha value is -2.04. The summed E-state index contributed by atoms with van der Waals surface area (Å²) in [7, 11) is 0. The summed E-state index contributed by atoms with van der Waals surface area (Å²) in [5, 5.41) is 0. The van der Waals surface area contributed by atoms with Gasteiger partial charge in [0.25, 0.3) is 0 Å². The molecule has 0 aliphatic carbocycles. The number of carbonyl (C=O) groups excluding carboxylic acids is 2. The smallest absolute Gasteiger partial charge is 0.410 e. The summed E-state index contributed by atoms with van der Waals surface area (Å²) in [6, 6.07) is 9.39. The van der Waals surface area contributed by atoms with Crippen LogP contribution in [0.5, 0.6) is 0 Å². The fourth-order valence-corrected chi connectivity index (χ4v) is 1.52. The van der Waals surface area contributed by atoms with Crippen LogP contribution in [0.3, 0.4) is 0 Å². The Morgan fingerprint density at radius 3 is 2.82 bits per heavy atom. The second kappa shape index (κ2) is 5.34. The van der Waals surface area contributed by atoms with Crippen molar-refractivity contribution in [1.29, 1.82) is 0 Å². The molecule has 17 heavy (non-hydrogen) atoms. The third-order valence-corrected chi connectivity index (χ3v) is 2.41. The summed E-state index contributed by atoms with van der Waals surface area (Å²) in [6.45, 7) is 0.803. The maximum Gasteiger partial charge on any atom is 0.410 e. The molecular weight excluding hydrogens is 222 g/mol. The van der Waals surface area contributed by atoms with Crippen LogP contribution in [0.4, 0.5) is 4.79 Å². The van der Waals surface area contributed by atoms with Crippen molar-refractivity contribution in [3.8, 4) is 0 Å². The predicted octanol–water partition coefficient (Wildman–Crippen LogP) is 1.18. The van der Waals surface area contributed by atoms with E-state index in [1.165, 1.54) is 4.90 Å². The van der Waals surface area contributed by atoms with Gasteiger partial charge in [-0.3, -0.25) is 9.69 Å². The lowest BCUT2D eigenvalue weighted by Crippen LogP contribution is -2.43. The summed E-state index contributed by atoms with van der Waals surface area (Å²) in [6.07, 6.45) is -0.481. The van der Waals surface area contributed by atoms with Gasteiger partial charge in [0.05, 0.1) is 6.54 Å². The highest BCUT2D eigenvalue weighted by molar-refractivity contribution is 5.79. The Balaban J connectivity index is 1.83. The molecule has 0 aromatic heterocycles. The van der Waals surface area contributed by atoms with Gasteiger partial charge in [-0.1, -0.05) is 30.3 Å². The Kier molecular flexibility index (Phi) is 3.59. The number of nitrogens with zero attached hydrogens (tertiary/aromatic N) is 1. The fraction of sp³-hybridized carbons (Fsp3) is 0.333. The first kappa shape index (κ1) is 11.4. The lowest BCUT2D eigenvalue weighted by Gasteiger charge is -2.24. The van der Waals surface area contributed by atoms with Gasteiger partial charge in [-0.05, 0) is 5.56 Å². The molecule has 1 aliphatic heterocycles. The maximum absolute atomic E-state index is 11.6. The highest BCUT2D eigenvalue weighted by Gasteiger charge is 2.23. The zero-order chi connectivity index (χ0) is 12.1. The van der Waals surface area contributed by atoms with Crippen molar-refractivity contribution in [3.63, 3.8) is 0 Å². The first-order chi connectivity index (χ1) is 8.25. The Bertz CT molecular complexity index is 404. The Morgan fingerprint density at radius 1 is 1.35 bits per heavy atom. The fourth-order valence-electron chi connectivity index (χ4n) is 1.52. The first-order valence-corrected chi connectivity index (χ1v) is 5.37. The number of ether oxygens (including phenoxy) is 2. The number of carbonyl (C=O) groups is 2. The number of esters is 1. The van der Waals surface area contributed by atoms with Gasteiger partial charge in [-0.15, -0.1) is 0 Å². The molecule has 0 unspecified atom stereocenters. The molecule has 0 atom stereocenters. The van der Waals surface area contributed by atoms with E-state index in [-0.39, 0.29) is 19.8 Å². The molecule has 5 nitrogen and oxygen atoms in total. The van der Waals surface area contributed by atoms with Gasteiger partial charge in [0.2, 0.25) is 0 Å². The number of amides is 1. The van der Waals surface area contributed by atoms with Gasteiger partial charge in [0, 0.05) is 0 Å².